The van der Waals surface area contributed by atoms with Crippen molar-refractivity contribution >= 4 is 23.8 Å². The number of alkyl halides is 3. The first-order chi connectivity index (χ1) is 19.1. The largest absolute Gasteiger partial charge is 0.484 e. The number of nitriles is 1. The van der Waals surface area contributed by atoms with E-state index in [-0.39, 0.29) is 43.3 Å². The highest BCUT2D eigenvalue weighted by molar-refractivity contribution is 6.02. The van der Waals surface area contributed by atoms with Crippen LogP contribution >= 0.6 is 0 Å². The van der Waals surface area contributed by atoms with Crippen LogP contribution in [0.5, 0.6) is 5.75 Å². The van der Waals surface area contributed by atoms with Crippen LogP contribution in [-0.2, 0) is 15.8 Å². The molecule has 0 aromatic heterocycles. The average molecular weight is 551 g/mol. The summed E-state index contributed by atoms with van der Waals surface area (Å²) in [5, 5.41) is 11.8. The van der Waals surface area contributed by atoms with Crippen LogP contribution in [0.25, 0.3) is 11.1 Å². The molecule has 0 bridgehead atoms. The minimum atomic E-state index is -4.51. The van der Waals surface area contributed by atoms with Gasteiger partial charge >= 0.3 is 6.18 Å². The summed E-state index contributed by atoms with van der Waals surface area (Å²) in [5.41, 5.74) is 0.976. The van der Waals surface area contributed by atoms with Crippen molar-refractivity contribution in [2.45, 2.75) is 12.2 Å². The molecule has 1 fully saturated rings. The number of carbonyl (C=O) groups is 3. The topological polar surface area (TPSA) is 103 Å². The lowest BCUT2D eigenvalue weighted by Crippen LogP contribution is -2.57. The summed E-state index contributed by atoms with van der Waals surface area (Å²) in [6, 6.07) is 16.9. The molecule has 1 aliphatic rings. The Morgan fingerprint density at radius 3 is 2.45 bits per heavy atom. The minimum Gasteiger partial charge on any atom is -0.484 e. The normalized spacial score (nSPS) is 15.2. The van der Waals surface area contributed by atoms with E-state index >= 15 is 0 Å². The van der Waals surface area contributed by atoms with Gasteiger partial charge in [-0.25, -0.2) is 0 Å². The van der Waals surface area contributed by atoms with Gasteiger partial charge in [0.1, 0.15) is 18.1 Å². The van der Waals surface area contributed by atoms with Crippen molar-refractivity contribution in [2.75, 3.05) is 38.6 Å². The zero-order valence-electron chi connectivity index (χ0n) is 21.4. The van der Waals surface area contributed by atoms with Crippen LogP contribution in [0.1, 0.15) is 21.5 Å². The summed E-state index contributed by atoms with van der Waals surface area (Å²) in [7, 11) is 1.61. The molecule has 3 aromatic rings. The van der Waals surface area contributed by atoms with E-state index in [9.17, 15) is 27.6 Å². The van der Waals surface area contributed by atoms with Gasteiger partial charge in [-0.3, -0.25) is 9.59 Å². The van der Waals surface area contributed by atoms with Gasteiger partial charge < -0.3 is 24.6 Å². The number of anilines is 1. The van der Waals surface area contributed by atoms with Gasteiger partial charge in [0.2, 0.25) is 0 Å². The second-order valence-corrected chi connectivity index (χ2v) is 9.06. The molecule has 0 saturated carbocycles. The molecule has 4 rings (SSSR count). The van der Waals surface area contributed by atoms with Gasteiger partial charge in [0, 0.05) is 32.4 Å². The lowest BCUT2D eigenvalue weighted by atomic mass is 9.98. The van der Waals surface area contributed by atoms with E-state index in [4.69, 9.17) is 10.00 Å². The summed E-state index contributed by atoms with van der Waals surface area (Å²) in [5.74, 6) is -0.449. The highest BCUT2D eigenvalue weighted by atomic mass is 19.4. The Morgan fingerprint density at radius 1 is 1.07 bits per heavy atom. The molecule has 1 saturated heterocycles. The van der Waals surface area contributed by atoms with Gasteiger partial charge in [0.15, 0.2) is 6.61 Å². The number of aldehydes is 1. The third-order valence-corrected chi connectivity index (χ3v) is 6.58. The Bertz CT molecular complexity index is 1450. The van der Waals surface area contributed by atoms with E-state index in [1.165, 1.54) is 28.0 Å². The van der Waals surface area contributed by atoms with E-state index in [0.29, 0.717) is 28.8 Å². The maximum absolute atomic E-state index is 13.6. The fourth-order valence-electron chi connectivity index (χ4n) is 4.42. The average Bonchev–Trinajstić information content (AvgIpc) is 2.98. The molecule has 40 heavy (non-hydrogen) atoms. The number of nitrogens with zero attached hydrogens (tertiary/aromatic N) is 3. The smallest absolute Gasteiger partial charge is 0.416 e. The van der Waals surface area contributed by atoms with Gasteiger partial charge in [-0.05, 0) is 59.7 Å². The summed E-state index contributed by atoms with van der Waals surface area (Å²) in [4.78, 5) is 41.1. The number of benzene rings is 3. The van der Waals surface area contributed by atoms with Crippen LogP contribution in [0.2, 0.25) is 0 Å². The lowest BCUT2D eigenvalue weighted by molar-refractivity contribution is -0.138. The van der Waals surface area contributed by atoms with Gasteiger partial charge in [-0.1, -0.05) is 18.2 Å². The molecule has 1 heterocycles. The highest BCUT2D eigenvalue weighted by Gasteiger charge is 2.34. The molecule has 0 radical (unpaired) electrons. The second kappa shape index (κ2) is 11.9. The third-order valence-electron chi connectivity index (χ3n) is 6.58. The predicted octanol–water partition coefficient (Wildman–Crippen LogP) is 4.22. The summed E-state index contributed by atoms with van der Waals surface area (Å²) >= 11 is 0. The maximum Gasteiger partial charge on any atom is 0.416 e. The molecule has 3 aromatic carbocycles. The van der Waals surface area contributed by atoms with E-state index < -0.39 is 23.7 Å². The molecule has 2 amide bonds. The minimum absolute atomic E-state index is 0.0347. The van der Waals surface area contributed by atoms with E-state index in [1.807, 2.05) is 6.07 Å². The summed E-state index contributed by atoms with van der Waals surface area (Å²) in [6.07, 6.45) is -3.92. The highest BCUT2D eigenvalue weighted by Crippen LogP contribution is 2.33. The number of amides is 2. The summed E-state index contributed by atoms with van der Waals surface area (Å²) < 4.78 is 45.2. The second-order valence-electron chi connectivity index (χ2n) is 9.06. The number of hydrogen-bond donors (Lipinski definition) is 1. The molecule has 1 atom stereocenters. The van der Waals surface area contributed by atoms with E-state index in [2.05, 4.69) is 5.32 Å². The van der Waals surface area contributed by atoms with Crippen molar-refractivity contribution in [1.29, 1.82) is 5.26 Å². The van der Waals surface area contributed by atoms with Crippen molar-refractivity contribution in [2.24, 2.45) is 0 Å². The number of carbonyl (C=O) groups excluding carboxylic acids is 3. The van der Waals surface area contributed by atoms with Crippen molar-refractivity contribution < 1.29 is 32.3 Å². The first kappa shape index (κ1) is 28.2. The van der Waals surface area contributed by atoms with Gasteiger partial charge in [-0.2, -0.15) is 18.4 Å². The van der Waals surface area contributed by atoms with Crippen molar-refractivity contribution in [1.82, 2.24) is 9.80 Å². The lowest BCUT2D eigenvalue weighted by Gasteiger charge is -2.39. The van der Waals surface area contributed by atoms with Gasteiger partial charge in [0.25, 0.3) is 11.8 Å². The summed E-state index contributed by atoms with van der Waals surface area (Å²) in [6.45, 7) is -0.0863. The van der Waals surface area contributed by atoms with Crippen molar-refractivity contribution in [3.8, 4) is 22.9 Å². The molecular formula is C29H25F3N4O4. The van der Waals surface area contributed by atoms with Crippen molar-refractivity contribution in [3.05, 3.63) is 83.4 Å². The van der Waals surface area contributed by atoms with Crippen LogP contribution < -0.4 is 10.1 Å². The Hall–Kier alpha value is -4.85. The Balaban J connectivity index is 1.49. The van der Waals surface area contributed by atoms with Gasteiger partial charge in [-0.15, -0.1) is 0 Å². The van der Waals surface area contributed by atoms with E-state index in [0.717, 1.165) is 12.1 Å². The van der Waals surface area contributed by atoms with Crippen LogP contribution in [-0.4, -0.2) is 67.2 Å². The molecule has 0 spiro atoms. The quantitative estimate of drug-likeness (QED) is 0.442. The number of piperazine rings is 1. The molecular weight excluding hydrogens is 525 g/mol. The van der Waals surface area contributed by atoms with E-state index in [1.54, 1.807) is 43.4 Å². The van der Waals surface area contributed by atoms with Crippen LogP contribution in [0, 0.1) is 11.3 Å². The maximum atomic E-state index is 13.6. The van der Waals surface area contributed by atoms with Crippen molar-refractivity contribution in [3.63, 3.8) is 0 Å². The fourth-order valence-corrected chi connectivity index (χ4v) is 4.42. The molecule has 1 N–H and O–H groups in total. The Kier molecular flexibility index (Phi) is 8.38. The van der Waals surface area contributed by atoms with Crippen LogP contribution in [0.3, 0.4) is 0 Å². The predicted molar refractivity (Wildman–Crippen MR) is 141 cm³/mol. The number of hydrogen-bond acceptors (Lipinski definition) is 6. The standard InChI is InChI=1S/C29H25F3N4O4/c1-34-26-10-7-21(20-3-2-4-22(13-20)29(30,31)32)14-25(26)28(39)36-12-11-35(16-23(36)17-37)27(38)18-40-24-8-5-19(15-33)6-9-24/h2-10,13-14,17,23,34H,11-12,16,18H2,1H3. The first-order valence-corrected chi connectivity index (χ1v) is 12.3. The zero-order chi connectivity index (χ0) is 28.9. The molecule has 8 nitrogen and oxygen atoms in total. The molecule has 11 heteroatoms. The van der Waals surface area contributed by atoms with Crippen LogP contribution in [0.15, 0.2) is 66.7 Å². The zero-order valence-corrected chi connectivity index (χ0v) is 21.4. The Morgan fingerprint density at radius 2 is 1.80 bits per heavy atom. The number of halogens is 3. The molecule has 0 aliphatic carbocycles. The van der Waals surface area contributed by atoms with Crippen LogP contribution in [0.4, 0.5) is 18.9 Å². The Labute approximate surface area is 228 Å². The first-order valence-electron chi connectivity index (χ1n) is 12.3. The fraction of sp³-hybridized carbons (Fsp3) is 0.241. The SMILES string of the molecule is CNc1ccc(-c2cccc(C(F)(F)F)c2)cc1C(=O)N1CCN(C(=O)COc2ccc(C#N)cc2)CC1C=O. The van der Waals surface area contributed by atoms with Gasteiger partial charge in [0.05, 0.1) is 22.8 Å². The number of rotatable bonds is 7. The monoisotopic (exact) mass is 550 g/mol. The molecule has 1 unspecified atom stereocenters. The number of ether oxygens (including phenoxy) is 1. The molecule has 206 valence electrons. The molecule has 1 aliphatic heterocycles. The number of nitrogens with one attached hydrogen (secondary N) is 1. The third kappa shape index (κ3) is 6.23.